The maximum atomic E-state index is 12.4. The van der Waals surface area contributed by atoms with Crippen LogP contribution in [0.4, 0.5) is 0 Å². The summed E-state index contributed by atoms with van der Waals surface area (Å²) in [4.78, 5) is 11.2. The number of sulfonamides is 1. The summed E-state index contributed by atoms with van der Waals surface area (Å²) in [6, 6.07) is -0.914. The average Bonchev–Trinajstić information content (AvgIpc) is 3.07. The van der Waals surface area contributed by atoms with Crippen molar-refractivity contribution in [2.24, 2.45) is 5.92 Å². The van der Waals surface area contributed by atoms with Crippen LogP contribution in [0.3, 0.4) is 0 Å². The summed E-state index contributed by atoms with van der Waals surface area (Å²) in [5.41, 5.74) is 0. The third kappa shape index (κ3) is 3.42. The number of methoxy groups -OCH3 is 1. The minimum Gasteiger partial charge on any atom is -0.480 e. The Bertz CT molecular complexity index is 434. The summed E-state index contributed by atoms with van der Waals surface area (Å²) >= 11 is 1.46. The first kappa shape index (κ1) is 15.1. The summed E-state index contributed by atoms with van der Waals surface area (Å²) in [5, 5.41) is 9.01. The molecule has 1 aliphatic carbocycles. The molecule has 1 heterocycles. The monoisotopic (exact) mass is 309 g/mol. The average molecular weight is 309 g/mol. The molecule has 2 aliphatic rings. The fraction of sp³-hybridized carbons (Fsp3) is 0.909. The van der Waals surface area contributed by atoms with Crippen molar-refractivity contribution in [2.75, 3.05) is 25.2 Å². The van der Waals surface area contributed by atoms with E-state index in [1.165, 1.54) is 23.2 Å². The number of carbonyl (C=O) groups is 1. The molecular formula is C11H19NO5S2. The molecule has 8 heteroatoms. The van der Waals surface area contributed by atoms with Crippen molar-refractivity contribution in [1.29, 1.82) is 0 Å². The highest BCUT2D eigenvalue weighted by Gasteiger charge is 2.50. The highest BCUT2D eigenvalue weighted by Crippen LogP contribution is 2.46. The van der Waals surface area contributed by atoms with Crippen molar-refractivity contribution in [3.05, 3.63) is 0 Å². The van der Waals surface area contributed by atoms with E-state index in [1.54, 1.807) is 0 Å². The fourth-order valence-electron chi connectivity index (χ4n) is 2.26. The Morgan fingerprint density at radius 1 is 1.47 bits per heavy atom. The molecule has 0 aromatic rings. The lowest BCUT2D eigenvalue weighted by atomic mass is 10.3. The van der Waals surface area contributed by atoms with Crippen LogP contribution in [0.5, 0.6) is 0 Å². The topological polar surface area (TPSA) is 83.9 Å². The lowest BCUT2D eigenvalue weighted by molar-refractivity contribution is -0.140. The second-order valence-corrected chi connectivity index (χ2v) is 8.05. The van der Waals surface area contributed by atoms with E-state index >= 15 is 0 Å². The van der Waals surface area contributed by atoms with Crippen molar-refractivity contribution >= 4 is 27.8 Å². The highest BCUT2D eigenvalue weighted by atomic mass is 32.2. The van der Waals surface area contributed by atoms with Gasteiger partial charge in [0.25, 0.3) is 0 Å². The van der Waals surface area contributed by atoms with Gasteiger partial charge in [-0.15, -0.1) is 11.8 Å². The van der Waals surface area contributed by atoms with Crippen molar-refractivity contribution in [2.45, 2.75) is 30.7 Å². The van der Waals surface area contributed by atoms with Crippen LogP contribution >= 0.6 is 11.8 Å². The van der Waals surface area contributed by atoms with Gasteiger partial charge in [0.2, 0.25) is 10.0 Å². The second-order valence-electron chi connectivity index (χ2n) is 4.91. The van der Waals surface area contributed by atoms with E-state index in [4.69, 9.17) is 4.74 Å². The molecule has 2 unspecified atom stereocenters. The van der Waals surface area contributed by atoms with Gasteiger partial charge in [0, 0.05) is 19.5 Å². The van der Waals surface area contributed by atoms with Gasteiger partial charge in [-0.25, -0.2) is 8.42 Å². The second kappa shape index (κ2) is 5.99. The molecule has 2 fully saturated rings. The molecule has 1 saturated heterocycles. The highest BCUT2D eigenvalue weighted by molar-refractivity contribution is 8.01. The van der Waals surface area contributed by atoms with Gasteiger partial charge in [-0.2, -0.15) is 4.31 Å². The van der Waals surface area contributed by atoms with E-state index in [9.17, 15) is 18.3 Å². The Hall–Kier alpha value is -0.310. The van der Waals surface area contributed by atoms with Gasteiger partial charge in [-0.05, 0) is 25.2 Å². The number of hydrogen-bond donors (Lipinski definition) is 1. The number of nitrogens with zero attached hydrogens (tertiary/aromatic N) is 1. The lowest BCUT2D eigenvalue weighted by Gasteiger charge is -2.26. The summed E-state index contributed by atoms with van der Waals surface area (Å²) in [5.74, 6) is -0.425. The van der Waals surface area contributed by atoms with Crippen LogP contribution in [0.2, 0.25) is 0 Å². The summed E-state index contributed by atoms with van der Waals surface area (Å²) < 4.78 is 30.8. The van der Waals surface area contributed by atoms with E-state index in [0.717, 1.165) is 12.8 Å². The first-order chi connectivity index (χ1) is 8.97. The zero-order valence-corrected chi connectivity index (χ0v) is 12.5. The molecule has 110 valence electrons. The summed E-state index contributed by atoms with van der Waals surface area (Å²) in [7, 11) is -2.01. The maximum absolute atomic E-state index is 12.4. The minimum atomic E-state index is -3.53. The molecule has 0 radical (unpaired) electrons. The van der Waals surface area contributed by atoms with Crippen molar-refractivity contribution in [3.63, 3.8) is 0 Å². The van der Waals surface area contributed by atoms with Crippen LogP contribution in [0.1, 0.15) is 19.3 Å². The predicted octanol–water partition coefficient (Wildman–Crippen LogP) is 0.591. The van der Waals surface area contributed by atoms with Gasteiger partial charge in [0.05, 0.1) is 11.1 Å². The van der Waals surface area contributed by atoms with Crippen LogP contribution in [0.15, 0.2) is 0 Å². The number of rotatable bonds is 7. The van der Waals surface area contributed by atoms with Crippen molar-refractivity contribution in [1.82, 2.24) is 4.31 Å². The van der Waals surface area contributed by atoms with Gasteiger partial charge in [-0.1, -0.05) is 0 Å². The SMILES string of the molecule is COCCCS(=O)(=O)N1C(C(=O)O)CSC1C1CC1. The fourth-order valence-corrected chi connectivity index (χ4v) is 6.19. The van der Waals surface area contributed by atoms with Crippen LogP contribution in [-0.4, -0.2) is 60.4 Å². The maximum Gasteiger partial charge on any atom is 0.322 e. The van der Waals surface area contributed by atoms with E-state index in [-0.39, 0.29) is 11.1 Å². The predicted molar refractivity (Wildman–Crippen MR) is 72.5 cm³/mol. The number of aliphatic carboxylic acids is 1. The Labute approximate surface area is 117 Å². The number of ether oxygens (including phenoxy) is 1. The molecule has 6 nitrogen and oxygen atoms in total. The normalized spacial score (nSPS) is 28.7. The van der Waals surface area contributed by atoms with Gasteiger partial charge in [-0.3, -0.25) is 4.79 Å². The summed E-state index contributed by atoms with van der Waals surface area (Å²) in [6.45, 7) is 0.367. The lowest BCUT2D eigenvalue weighted by Crippen LogP contribution is -2.47. The quantitative estimate of drug-likeness (QED) is 0.693. The van der Waals surface area contributed by atoms with Gasteiger partial charge < -0.3 is 9.84 Å². The van der Waals surface area contributed by atoms with Gasteiger partial charge in [0.1, 0.15) is 6.04 Å². The first-order valence-corrected chi connectivity index (χ1v) is 8.97. The smallest absolute Gasteiger partial charge is 0.322 e. The van der Waals surface area contributed by atoms with Crippen molar-refractivity contribution in [3.8, 4) is 0 Å². The van der Waals surface area contributed by atoms with Crippen LogP contribution in [0.25, 0.3) is 0 Å². The zero-order chi connectivity index (χ0) is 14.0. The first-order valence-electron chi connectivity index (χ1n) is 6.32. The van der Waals surface area contributed by atoms with Crippen LogP contribution < -0.4 is 0 Å². The number of hydrogen-bond acceptors (Lipinski definition) is 5. The van der Waals surface area contributed by atoms with Crippen LogP contribution in [0, 0.1) is 5.92 Å². The molecule has 0 aromatic heterocycles. The largest absolute Gasteiger partial charge is 0.480 e. The third-order valence-corrected chi connectivity index (χ3v) is 6.89. The number of thioether (sulfide) groups is 1. The Morgan fingerprint density at radius 3 is 2.68 bits per heavy atom. The Balaban J connectivity index is 2.12. The Morgan fingerprint density at radius 2 is 2.16 bits per heavy atom. The zero-order valence-electron chi connectivity index (χ0n) is 10.8. The molecule has 0 amide bonds. The molecule has 2 atom stereocenters. The molecule has 1 aliphatic heterocycles. The van der Waals surface area contributed by atoms with Crippen molar-refractivity contribution < 1.29 is 23.1 Å². The van der Waals surface area contributed by atoms with Gasteiger partial charge >= 0.3 is 5.97 Å². The number of carboxylic acids is 1. The molecule has 2 rings (SSSR count). The molecule has 0 spiro atoms. The van der Waals surface area contributed by atoms with E-state index < -0.39 is 22.0 Å². The summed E-state index contributed by atoms with van der Waals surface area (Å²) in [6.07, 6.45) is 2.38. The number of carboxylic acid groups (broad SMARTS) is 1. The molecule has 0 aromatic carbocycles. The molecule has 19 heavy (non-hydrogen) atoms. The molecule has 1 saturated carbocycles. The standard InChI is InChI=1S/C11H19NO5S2/c1-17-5-2-6-19(15,16)12-9(11(13)14)7-18-10(12)8-3-4-8/h8-10H,2-7H2,1H3,(H,13,14). The van der Waals surface area contributed by atoms with E-state index in [2.05, 4.69) is 0 Å². The molecular weight excluding hydrogens is 290 g/mol. The Kier molecular flexibility index (Phi) is 4.75. The van der Waals surface area contributed by atoms with E-state index in [0.29, 0.717) is 24.7 Å². The van der Waals surface area contributed by atoms with Gasteiger partial charge in [0.15, 0.2) is 0 Å². The molecule has 0 bridgehead atoms. The van der Waals surface area contributed by atoms with E-state index in [1.807, 2.05) is 0 Å². The minimum absolute atomic E-state index is 0.0472. The molecule has 1 N–H and O–H groups in total. The van der Waals surface area contributed by atoms with Crippen LogP contribution in [-0.2, 0) is 19.6 Å². The third-order valence-electron chi connectivity index (χ3n) is 3.37.